The standard InChI is InChI=1S/C22H19ClFN3O3/c23-18-12-17(7-8-19(18)24)26-22(29)16(13-25)11-15-5-1-2-6-20(15)30-14-21(28)27-9-3-4-10-27/h1-2,5-8,11-12H,3-4,9-10,14H2,(H,26,29)/b16-11+. The molecule has 154 valence electrons. The van der Waals surface area contributed by atoms with Crippen molar-refractivity contribution in [1.82, 2.24) is 4.90 Å². The highest BCUT2D eigenvalue weighted by Crippen LogP contribution is 2.23. The summed E-state index contributed by atoms with van der Waals surface area (Å²) in [7, 11) is 0. The van der Waals surface area contributed by atoms with Crippen LogP contribution in [0.25, 0.3) is 6.08 Å². The Hall–Kier alpha value is -3.37. The maximum atomic E-state index is 13.3. The number of carbonyl (C=O) groups is 2. The summed E-state index contributed by atoms with van der Waals surface area (Å²) in [6, 6.07) is 12.4. The summed E-state index contributed by atoms with van der Waals surface area (Å²) in [6.07, 6.45) is 3.35. The fraction of sp³-hybridized carbons (Fsp3) is 0.227. The number of benzene rings is 2. The maximum absolute atomic E-state index is 13.3. The van der Waals surface area contributed by atoms with Crippen LogP contribution in [-0.2, 0) is 9.59 Å². The van der Waals surface area contributed by atoms with Gasteiger partial charge in [-0.25, -0.2) is 4.39 Å². The molecule has 2 amide bonds. The molecule has 0 spiro atoms. The van der Waals surface area contributed by atoms with Gasteiger partial charge in [-0.1, -0.05) is 29.8 Å². The number of nitrogens with one attached hydrogen (secondary N) is 1. The predicted octanol–water partition coefficient (Wildman–Crippen LogP) is 4.03. The second kappa shape index (κ2) is 9.90. The lowest BCUT2D eigenvalue weighted by atomic mass is 10.1. The normalized spacial score (nSPS) is 13.6. The molecule has 1 heterocycles. The fourth-order valence-electron chi connectivity index (χ4n) is 3.00. The Bertz CT molecular complexity index is 1030. The first-order chi connectivity index (χ1) is 14.5. The van der Waals surface area contributed by atoms with Crippen molar-refractivity contribution in [1.29, 1.82) is 5.26 Å². The Morgan fingerprint density at radius 2 is 1.97 bits per heavy atom. The Morgan fingerprint density at radius 3 is 2.67 bits per heavy atom. The molecular weight excluding hydrogens is 409 g/mol. The van der Waals surface area contributed by atoms with Gasteiger partial charge in [0.1, 0.15) is 23.2 Å². The molecule has 2 aromatic rings. The summed E-state index contributed by atoms with van der Waals surface area (Å²) >= 11 is 5.72. The zero-order chi connectivity index (χ0) is 21.5. The summed E-state index contributed by atoms with van der Waals surface area (Å²) in [5.74, 6) is -1.00. The van der Waals surface area contributed by atoms with Gasteiger partial charge in [0.2, 0.25) is 0 Å². The summed E-state index contributed by atoms with van der Waals surface area (Å²) in [5.41, 5.74) is 0.557. The molecule has 0 radical (unpaired) electrons. The van der Waals surface area contributed by atoms with Crippen molar-refractivity contribution in [3.63, 3.8) is 0 Å². The van der Waals surface area contributed by atoms with Crippen LogP contribution >= 0.6 is 11.6 Å². The van der Waals surface area contributed by atoms with Gasteiger partial charge in [-0.05, 0) is 43.2 Å². The first-order valence-electron chi connectivity index (χ1n) is 9.35. The van der Waals surface area contributed by atoms with Crippen LogP contribution in [0.3, 0.4) is 0 Å². The van der Waals surface area contributed by atoms with Crippen LogP contribution in [0, 0.1) is 17.1 Å². The third-order valence-electron chi connectivity index (χ3n) is 4.57. The first kappa shape index (κ1) is 21.3. The van der Waals surface area contributed by atoms with E-state index < -0.39 is 11.7 Å². The molecule has 8 heteroatoms. The second-order valence-corrected chi connectivity index (χ2v) is 7.07. The van der Waals surface area contributed by atoms with Gasteiger partial charge in [-0.15, -0.1) is 0 Å². The van der Waals surface area contributed by atoms with Crippen molar-refractivity contribution < 1.29 is 18.7 Å². The van der Waals surface area contributed by atoms with E-state index in [9.17, 15) is 19.2 Å². The summed E-state index contributed by atoms with van der Waals surface area (Å²) in [5, 5.41) is 11.8. The molecule has 0 unspecified atom stereocenters. The van der Waals surface area contributed by atoms with Crippen molar-refractivity contribution in [2.45, 2.75) is 12.8 Å². The van der Waals surface area contributed by atoms with Crippen LogP contribution in [-0.4, -0.2) is 36.4 Å². The lowest BCUT2D eigenvalue weighted by Crippen LogP contribution is -2.32. The Kier molecular flexibility index (Phi) is 7.04. The summed E-state index contributed by atoms with van der Waals surface area (Å²) < 4.78 is 18.9. The van der Waals surface area contributed by atoms with Crippen molar-refractivity contribution in [2.75, 3.05) is 25.0 Å². The smallest absolute Gasteiger partial charge is 0.266 e. The maximum Gasteiger partial charge on any atom is 0.266 e. The first-order valence-corrected chi connectivity index (χ1v) is 9.73. The summed E-state index contributed by atoms with van der Waals surface area (Å²) in [4.78, 5) is 26.4. The molecule has 1 aliphatic heterocycles. The van der Waals surface area contributed by atoms with Crippen LogP contribution in [0.5, 0.6) is 5.75 Å². The molecule has 1 fully saturated rings. The average Bonchev–Trinajstić information content (AvgIpc) is 3.28. The van der Waals surface area contributed by atoms with Crippen LogP contribution < -0.4 is 10.1 Å². The van der Waals surface area contributed by atoms with E-state index in [0.29, 0.717) is 11.3 Å². The van der Waals surface area contributed by atoms with Crippen molar-refractivity contribution in [3.8, 4) is 11.8 Å². The molecule has 6 nitrogen and oxygen atoms in total. The number of hydrogen-bond donors (Lipinski definition) is 1. The van der Waals surface area contributed by atoms with E-state index in [-0.39, 0.29) is 28.8 Å². The van der Waals surface area contributed by atoms with Crippen LogP contribution in [0.1, 0.15) is 18.4 Å². The van der Waals surface area contributed by atoms with Gasteiger partial charge >= 0.3 is 0 Å². The zero-order valence-corrected chi connectivity index (χ0v) is 16.8. The number of likely N-dealkylation sites (tertiary alicyclic amines) is 1. The number of carbonyl (C=O) groups excluding carboxylic acids is 2. The van der Waals surface area contributed by atoms with Crippen molar-refractivity contribution in [2.24, 2.45) is 0 Å². The van der Waals surface area contributed by atoms with E-state index in [0.717, 1.165) is 32.0 Å². The molecule has 1 aliphatic rings. The minimum Gasteiger partial charge on any atom is -0.483 e. The number of hydrogen-bond acceptors (Lipinski definition) is 4. The van der Waals surface area contributed by atoms with Crippen molar-refractivity contribution >= 4 is 35.2 Å². The number of halogens is 2. The average molecular weight is 428 g/mol. The molecule has 2 aromatic carbocycles. The summed E-state index contributed by atoms with van der Waals surface area (Å²) in [6.45, 7) is 1.35. The van der Waals surface area contributed by atoms with E-state index in [4.69, 9.17) is 16.3 Å². The molecule has 0 aromatic heterocycles. The number of rotatable bonds is 6. The minimum atomic E-state index is -0.678. The third-order valence-corrected chi connectivity index (χ3v) is 4.86. The predicted molar refractivity (Wildman–Crippen MR) is 111 cm³/mol. The number of nitrogens with zero attached hydrogens (tertiary/aromatic N) is 2. The van der Waals surface area contributed by atoms with E-state index >= 15 is 0 Å². The van der Waals surface area contributed by atoms with E-state index in [2.05, 4.69) is 5.32 Å². The molecule has 0 atom stereocenters. The topological polar surface area (TPSA) is 82.4 Å². The SMILES string of the molecule is N#C/C(=C\c1ccccc1OCC(=O)N1CCCC1)C(=O)Nc1ccc(F)c(Cl)c1. The molecule has 30 heavy (non-hydrogen) atoms. The molecule has 1 N–H and O–H groups in total. The Labute approximate surface area is 178 Å². The van der Waals surface area contributed by atoms with Gasteiger partial charge < -0.3 is 15.0 Å². The van der Waals surface area contributed by atoms with Crippen LogP contribution in [0.15, 0.2) is 48.0 Å². The number of ether oxygens (including phenoxy) is 1. The van der Waals surface area contributed by atoms with E-state index in [1.54, 1.807) is 29.2 Å². The number of amides is 2. The Balaban J connectivity index is 1.73. The number of anilines is 1. The highest BCUT2D eigenvalue weighted by Gasteiger charge is 2.19. The quantitative estimate of drug-likeness (QED) is 0.557. The highest BCUT2D eigenvalue weighted by atomic mass is 35.5. The van der Waals surface area contributed by atoms with Gasteiger partial charge in [0, 0.05) is 24.3 Å². The fourth-order valence-corrected chi connectivity index (χ4v) is 3.19. The van der Waals surface area contributed by atoms with Crippen LogP contribution in [0.2, 0.25) is 5.02 Å². The molecule has 0 saturated carbocycles. The van der Waals surface area contributed by atoms with Gasteiger partial charge in [-0.3, -0.25) is 9.59 Å². The van der Waals surface area contributed by atoms with Crippen molar-refractivity contribution in [3.05, 3.63) is 64.4 Å². The van der Waals surface area contributed by atoms with Gasteiger partial charge in [0.25, 0.3) is 11.8 Å². The lowest BCUT2D eigenvalue weighted by Gasteiger charge is -2.16. The van der Waals surface area contributed by atoms with Gasteiger partial charge in [0.05, 0.1) is 5.02 Å². The lowest BCUT2D eigenvalue weighted by molar-refractivity contribution is -0.132. The van der Waals surface area contributed by atoms with E-state index in [1.807, 2.05) is 6.07 Å². The van der Waals surface area contributed by atoms with E-state index in [1.165, 1.54) is 18.2 Å². The minimum absolute atomic E-state index is 0.0993. The molecule has 0 bridgehead atoms. The monoisotopic (exact) mass is 427 g/mol. The zero-order valence-electron chi connectivity index (χ0n) is 16.0. The van der Waals surface area contributed by atoms with Crippen LogP contribution in [0.4, 0.5) is 10.1 Å². The molecule has 3 rings (SSSR count). The molecule has 0 aliphatic carbocycles. The third kappa shape index (κ3) is 5.37. The molecule has 1 saturated heterocycles. The largest absolute Gasteiger partial charge is 0.483 e. The molecular formula is C22H19ClFN3O3. The van der Waals surface area contributed by atoms with Gasteiger partial charge in [0.15, 0.2) is 6.61 Å². The Morgan fingerprint density at radius 1 is 1.23 bits per heavy atom. The van der Waals surface area contributed by atoms with Gasteiger partial charge in [-0.2, -0.15) is 5.26 Å². The second-order valence-electron chi connectivity index (χ2n) is 6.67. The number of nitriles is 1. The highest BCUT2D eigenvalue weighted by molar-refractivity contribution is 6.31. The number of para-hydroxylation sites is 1.